The molecule has 1 N–H and O–H groups in total. The topological polar surface area (TPSA) is 88.9 Å². The maximum atomic E-state index is 13.6. The third-order valence-corrected chi connectivity index (χ3v) is 9.01. The van der Waals surface area contributed by atoms with E-state index in [2.05, 4.69) is 15.2 Å². The summed E-state index contributed by atoms with van der Waals surface area (Å²) in [6.45, 7) is 1.53. The standard InChI is InChI=1S/C36H33Cl2F2N5O4.BrH/c1-43-32-18-28(49-34-11-6-26(21-41-34)42-35(46)25-5-10-30(37)31(38)16-25)9-4-24(32)17-33(43)36(47)45-14-12-44(13-15-45)22-23-2-7-27(8-3-23)48-29(19-39)20-40;/h2-11,16-18,21,29H,12-15,19-20,22H2,1H3,(H,42,46);1H. The lowest BCUT2D eigenvalue weighted by Gasteiger charge is -2.34. The van der Waals surface area contributed by atoms with Gasteiger partial charge in [-0.2, -0.15) is 0 Å². The van der Waals surface area contributed by atoms with Crippen molar-refractivity contribution in [2.75, 3.05) is 44.8 Å². The van der Waals surface area contributed by atoms with Crippen molar-refractivity contribution in [3.05, 3.63) is 112 Å². The lowest BCUT2D eigenvalue weighted by molar-refractivity contribution is 0.0619. The van der Waals surface area contributed by atoms with Gasteiger partial charge in [-0.05, 0) is 60.2 Å². The predicted molar refractivity (Wildman–Crippen MR) is 196 cm³/mol. The molecule has 0 spiro atoms. The lowest BCUT2D eigenvalue weighted by atomic mass is 10.2. The quantitative estimate of drug-likeness (QED) is 0.146. The fourth-order valence-corrected chi connectivity index (χ4v) is 5.85. The number of pyridine rings is 1. The van der Waals surface area contributed by atoms with Gasteiger partial charge in [-0.1, -0.05) is 35.3 Å². The van der Waals surface area contributed by atoms with E-state index in [0.29, 0.717) is 72.1 Å². The first-order valence-electron chi connectivity index (χ1n) is 15.6. The largest absolute Gasteiger partial charge is 0.485 e. The van der Waals surface area contributed by atoms with Gasteiger partial charge in [-0.3, -0.25) is 14.5 Å². The molecule has 3 heterocycles. The molecular weight excluding hydrogens is 755 g/mol. The zero-order chi connectivity index (χ0) is 34.5. The summed E-state index contributed by atoms with van der Waals surface area (Å²) in [7, 11) is 1.86. The molecule has 0 saturated carbocycles. The van der Waals surface area contributed by atoms with Crippen LogP contribution in [-0.2, 0) is 13.6 Å². The normalized spacial score (nSPS) is 13.3. The average molecular weight is 790 g/mol. The number of halogens is 5. The van der Waals surface area contributed by atoms with Gasteiger partial charge in [0.25, 0.3) is 11.8 Å². The van der Waals surface area contributed by atoms with Crippen LogP contribution < -0.4 is 14.8 Å². The van der Waals surface area contributed by atoms with Crippen molar-refractivity contribution in [3.8, 4) is 17.4 Å². The molecule has 0 aliphatic carbocycles. The Bertz CT molecular complexity index is 1950. The van der Waals surface area contributed by atoms with Crippen LogP contribution in [0.3, 0.4) is 0 Å². The van der Waals surface area contributed by atoms with Gasteiger partial charge < -0.3 is 24.3 Å². The van der Waals surface area contributed by atoms with Gasteiger partial charge in [-0.25, -0.2) is 13.8 Å². The highest BCUT2D eigenvalue weighted by molar-refractivity contribution is 8.93. The average Bonchev–Trinajstić information content (AvgIpc) is 3.45. The Morgan fingerprint density at radius 3 is 2.26 bits per heavy atom. The summed E-state index contributed by atoms with van der Waals surface area (Å²) in [5.74, 6) is 0.921. The third-order valence-electron chi connectivity index (χ3n) is 8.27. The van der Waals surface area contributed by atoms with Crippen LogP contribution in [0.2, 0.25) is 10.0 Å². The molecule has 5 aromatic rings. The molecule has 1 aliphatic rings. The van der Waals surface area contributed by atoms with Crippen molar-refractivity contribution in [2.45, 2.75) is 12.6 Å². The highest BCUT2D eigenvalue weighted by atomic mass is 79.9. The number of carbonyl (C=O) groups excluding carboxylic acids is 2. The van der Waals surface area contributed by atoms with Gasteiger partial charge in [0, 0.05) is 62.9 Å². The first-order valence-corrected chi connectivity index (χ1v) is 16.3. The molecular formula is C36H34BrCl2F2N5O4. The number of carbonyl (C=O) groups is 2. The minimum absolute atomic E-state index is 0. The van der Waals surface area contributed by atoms with Crippen molar-refractivity contribution >= 4 is 68.6 Å². The zero-order valence-corrected chi connectivity index (χ0v) is 30.2. The van der Waals surface area contributed by atoms with Crippen LogP contribution in [0.1, 0.15) is 26.4 Å². The molecule has 14 heteroatoms. The monoisotopic (exact) mass is 787 g/mol. The molecule has 9 nitrogen and oxygen atoms in total. The Hall–Kier alpha value is -4.23. The zero-order valence-electron chi connectivity index (χ0n) is 27.0. The van der Waals surface area contributed by atoms with E-state index in [1.807, 2.05) is 52.9 Å². The van der Waals surface area contributed by atoms with Crippen molar-refractivity contribution in [1.82, 2.24) is 19.4 Å². The van der Waals surface area contributed by atoms with E-state index in [0.717, 1.165) is 16.5 Å². The summed E-state index contributed by atoms with van der Waals surface area (Å²) in [6, 6.07) is 22.6. The number of anilines is 1. The smallest absolute Gasteiger partial charge is 0.270 e. The molecule has 1 aliphatic heterocycles. The number of ether oxygens (including phenoxy) is 2. The van der Waals surface area contributed by atoms with Crippen LogP contribution >= 0.6 is 40.2 Å². The van der Waals surface area contributed by atoms with Crippen LogP contribution in [0.15, 0.2) is 85.1 Å². The lowest BCUT2D eigenvalue weighted by Crippen LogP contribution is -2.48. The molecule has 50 heavy (non-hydrogen) atoms. The fourth-order valence-electron chi connectivity index (χ4n) is 5.55. The van der Waals surface area contributed by atoms with Crippen molar-refractivity contribution in [3.63, 3.8) is 0 Å². The van der Waals surface area contributed by atoms with E-state index in [9.17, 15) is 18.4 Å². The third kappa shape index (κ3) is 8.73. The van der Waals surface area contributed by atoms with E-state index in [1.165, 1.54) is 12.3 Å². The van der Waals surface area contributed by atoms with Crippen molar-refractivity contribution < 1.29 is 27.8 Å². The second-order valence-corrected chi connectivity index (χ2v) is 12.5. The molecule has 2 aromatic heterocycles. The number of hydrogen-bond acceptors (Lipinski definition) is 6. The summed E-state index contributed by atoms with van der Waals surface area (Å²) in [5, 5.41) is 4.33. The van der Waals surface area contributed by atoms with Gasteiger partial charge in [0.05, 0.1) is 27.4 Å². The Balaban J connectivity index is 0.00000486. The number of fused-ring (bicyclic) bond motifs is 1. The molecule has 1 saturated heterocycles. The van der Waals surface area contributed by atoms with Crippen LogP contribution in [-0.4, -0.2) is 76.8 Å². The summed E-state index contributed by atoms with van der Waals surface area (Å²) < 4.78 is 38.7. The van der Waals surface area contributed by atoms with Gasteiger partial charge >= 0.3 is 0 Å². The molecule has 262 valence electrons. The molecule has 0 radical (unpaired) electrons. The minimum atomic E-state index is -1.08. The summed E-state index contributed by atoms with van der Waals surface area (Å²) in [6.07, 6.45) is 0.412. The SMILES string of the molecule is Br.Cn1c(C(=O)N2CCN(Cc3ccc(OC(CF)CF)cc3)CC2)cc2ccc(Oc3ccc(NC(=O)c4ccc(Cl)c(Cl)c4)cn3)cc21. The second-order valence-electron chi connectivity index (χ2n) is 11.6. The fraction of sp³-hybridized carbons (Fsp3) is 0.250. The Morgan fingerprint density at radius 2 is 1.60 bits per heavy atom. The maximum Gasteiger partial charge on any atom is 0.270 e. The van der Waals surface area contributed by atoms with Gasteiger partial charge in [0.1, 0.15) is 30.5 Å². The second kappa shape index (κ2) is 16.7. The number of alkyl halides is 2. The molecule has 1 fully saturated rings. The summed E-state index contributed by atoms with van der Waals surface area (Å²) in [5.41, 5.74) is 3.31. The first kappa shape index (κ1) is 37.0. The number of rotatable bonds is 11. The molecule has 0 bridgehead atoms. The Morgan fingerprint density at radius 1 is 0.880 bits per heavy atom. The predicted octanol–water partition coefficient (Wildman–Crippen LogP) is 8.15. The van der Waals surface area contributed by atoms with E-state index in [-0.39, 0.29) is 33.8 Å². The van der Waals surface area contributed by atoms with E-state index in [4.69, 9.17) is 32.7 Å². The number of hydrogen-bond donors (Lipinski definition) is 1. The highest BCUT2D eigenvalue weighted by Gasteiger charge is 2.25. The van der Waals surface area contributed by atoms with Crippen LogP contribution in [0.5, 0.6) is 17.4 Å². The Labute approximate surface area is 308 Å². The van der Waals surface area contributed by atoms with E-state index >= 15 is 0 Å². The number of aryl methyl sites for hydroxylation is 1. The number of nitrogens with one attached hydrogen (secondary N) is 1. The van der Waals surface area contributed by atoms with Gasteiger partial charge in [0.15, 0.2) is 6.10 Å². The highest BCUT2D eigenvalue weighted by Crippen LogP contribution is 2.29. The molecule has 2 amide bonds. The molecule has 6 rings (SSSR count). The van der Waals surface area contributed by atoms with Crippen molar-refractivity contribution in [1.29, 1.82) is 0 Å². The molecule has 0 atom stereocenters. The number of piperazine rings is 1. The molecule has 3 aromatic carbocycles. The summed E-state index contributed by atoms with van der Waals surface area (Å²) >= 11 is 12.0. The van der Waals surface area contributed by atoms with Crippen molar-refractivity contribution in [2.24, 2.45) is 7.05 Å². The van der Waals surface area contributed by atoms with Crippen LogP contribution in [0.4, 0.5) is 14.5 Å². The maximum absolute atomic E-state index is 13.6. The van der Waals surface area contributed by atoms with Gasteiger partial charge in [-0.15, -0.1) is 17.0 Å². The minimum Gasteiger partial charge on any atom is -0.485 e. The van der Waals surface area contributed by atoms with Gasteiger partial charge in [0.2, 0.25) is 5.88 Å². The number of benzene rings is 3. The summed E-state index contributed by atoms with van der Waals surface area (Å²) in [4.78, 5) is 34.6. The van der Waals surface area contributed by atoms with Crippen LogP contribution in [0.25, 0.3) is 10.9 Å². The first-order chi connectivity index (χ1) is 23.7. The number of nitrogens with zero attached hydrogens (tertiary/aromatic N) is 4. The van der Waals surface area contributed by atoms with E-state index in [1.54, 1.807) is 36.4 Å². The molecule has 0 unspecified atom stereocenters. The van der Waals surface area contributed by atoms with E-state index < -0.39 is 19.5 Å². The van der Waals surface area contributed by atoms with Crippen LogP contribution in [0, 0.1) is 0 Å². The number of aromatic nitrogens is 2. The number of amides is 2. The Kier molecular flexibility index (Phi) is 12.3.